The molecule has 0 spiro atoms. The number of nitrogens with one attached hydrogen (secondary N) is 1. The van der Waals surface area contributed by atoms with Crippen molar-refractivity contribution in [1.29, 1.82) is 0 Å². The van der Waals surface area contributed by atoms with Gasteiger partial charge in [-0.3, -0.25) is 0 Å². The molecule has 1 aromatic heterocycles. The Hall–Kier alpha value is -1.23. The van der Waals surface area contributed by atoms with E-state index in [1.165, 1.54) is 79.1 Å². The molecule has 31 heavy (non-hydrogen) atoms. The first-order valence-electron chi connectivity index (χ1n) is 12.3. The molecule has 1 aliphatic heterocycles. The summed E-state index contributed by atoms with van der Waals surface area (Å²) in [5.74, 6) is 0.623. The van der Waals surface area contributed by atoms with Gasteiger partial charge in [0.15, 0.2) is 0 Å². The Kier molecular flexibility index (Phi) is 6.90. The van der Waals surface area contributed by atoms with Gasteiger partial charge in [-0.1, -0.05) is 46.8 Å². The van der Waals surface area contributed by atoms with Gasteiger partial charge in [0.2, 0.25) is 0 Å². The molecule has 1 aromatic carbocycles. The Balaban J connectivity index is 1.43. The highest BCUT2D eigenvalue weighted by molar-refractivity contribution is 7.13. The number of nitrogens with zero attached hydrogens (tertiary/aromatic N) is 2. The summed E-state index contributed by atoms with van der Waals surface area (Å²) < 4.78 is 0. The van der Waals surface area contributed by atoms with Crippen LogP contribution in [0.2, 0.25) is 0 Å². The monoisotopic (exact) mass is 439 g/mol. The number of rotatable bonds is 7. The summed E-state index contributed by atoms with van der Waals surface area (Å²) in [7, 11) is 0. The van der Waals surface area contributed by atoms with Crippen molar-refractivity contribution in [1.82, 2.24) is 15.2 Å². The topological polar surface area (TPSA) is 28.2 Å². The zero-order valence-electron chi connectivity index (χ0n) is 20.3. The standard InChI is InChI=1S/C27H41N3S/c1-6-13-28-14-17-30-15-9-20(10-16-30)24-19-31-25(29-24)21-7-8-22-23(18-21)27(4,5)12-11-26(22,2)3/h7-8,18-20,28H,6,9-17H2,1-5H3. The molecular weight excluding hydrogens is 398 g/mol. The molecule has 0 bridgehead atoms. The van der Waals surface area contributed by atoms with Gasteiger partial charge in [-0.25, -0.2) is 4.98 Å². The van der Waals surface area contributed by atoms with E-state index in [9.17, 15) is 0 Å². The van der Waals surface area contributed by atoms with Crippen molar-refractivity contribution in [2.75, 3.05) is 32.7 Å². The van der Waals surface area contributed by atoms with Crippen molar-refractivity contribution in [3.63, 3.8) is 0 Å². The van der Waals surface area contributed by atoms with E-state index in [0.717, 1.165) is 13.1 Å². The average molecular weight is 440 g/mol. The molecule has 1 saturated heterocycles. The highest BCUT2D eigenvalue weighted by Crippen LogP contribution is 2.47. The Morgan fingerprint density at radius 3 is 2.45 bits per heavy atom. The van der Waals surface area contributed by atoms with Crippen LogP contribution in [0.15, 0.2) is 23.6 Å². The molecule has 0 saturated carbocycles. The van der Waals surface area contributed by atoms with E-state index in [1.54, 1.807) is 0 Å². The highest BCUT2D eigenvalue weighted by atomic mass is 32.1. The molecule has 3 nitrogen and oxygen atoms in total. The molecule has 2 aliphatic rings. The molecule has 1 aliphatic carbocycles. The maximum absolute atomic E-state index is 5.14. The van der Waals surface area contributed by atoms with Gasteiger partial charge in [-0.15, -0.1) is 11.3 Å². The number of benzene rings is 1. The normalized spacial score (nSPS) is 21.2. The fourth-order valence-corrected chi connectivity index (χ4v) is 6.22. The Bertz CT molecular complexity index is 874. The van der Waals surface area contributed by atoms with Crippen LogP contribution in [0.25, 0.3) is 10.6 Å². The first-order valence-corrected chi connectivity index (χ1v) is 13.2. The third kappa shape index (κ3) is 5.07. The molecule has 0 amide bonds. The summed E-state index contributed by atoms with van der Waals surface area (Å²) in [6.07, 6.45) is 6.21. The second-order valence-corrected chi connectivity index (χ2v) is 11.8. The summed E-state index contributed by atoms with van der Waals surface area (Å²) >= 11 is 1.83. The highest BCUT2D eigenvalue weighted by Gasteiger charge is 2.37. The molecule has 4 rings (SSSR count). The molecular formula is C27H41N3S. The molecule has 2 heterocycles. The minimum atomic E-state index is 0.250. The lowest BCUT2D eigenvalue weighted by Gasteiger charge is -2.42. The van der Waals surface area contributed by atoms with E-state index in [4.69, 9.17) is 4.98 Å². The zero-order chi connectivity index (χ0) is 22.1. The number of hydrogen-bond donors (Lipinski definition) is 1. The molecule has 1 N–H and O–H groups in total. The van der Waals surface area contributed by atoms with E-state index in [-0.39, 0.29) is 10.8 Å². The van der Waals surface area contributed by atoms with Crippen LogP contribution in [0.1, 0.15) is 89.5 Å². The molecule has 0 atom stereocenters. The number of likely N-dealkylation sites (tertiary alicyclic amines) is 1. The summed E-state index contributed by atoms with van der Waals surface area (Å²) in [5.41, 5.74) is 6.21. The third-order valence-electron chi connectivity index (χ3n) is 7.66. The van der Waals surface area contributed by atoms with Crippen LogP contribution in [-0.4, -0.2) is 42.6 Å². The first kappa shape index (κ1) is 22.9. The lowest BCUT2D eigenvalue weighted by atomic mass is 9.63. The van der Waals surface area contributed by atoms with Crippen LogP contribution in [0.3, 0.4) is 0 Å². The fraction of sp³-hybridized carbons (Fsp3) is 0.667. The SMILES string of the molecule is CCCNCCN1CCC(c2csc(-c3ccc4c(c3)C(C)(C)CCC4(C)C)n2)CC1. The Morgan fingerprint density at radius 1 is 1.03 bits per heavy atom. The van der Waals surface area contributed by atoms with Gasteiger partial charge in [-0.2, -0.15) is 0 Å². The predicted molar refractivity (Wildman–Crippen MR) is 134 cm³/mol. The van der Waals surface area contributed by atoms with Gasteiger partial charge in [-0.05, 0) is 79.8 Å². The smallest absolute Gasteiger partial charge is 0.123 e. The minimum Gasteiger partial charge on any atom is -0.315 e. The Morgan fingerprint density at radius 2 is 1.74 bits per heavy atom. The summed E-state index contributed by atoms with van der Waals surface area (Å²) in [6.45, 7) is 17.7. The lowest BCUT2D eigenvalue weighted by Crippen LogP contribution is -2.38. The third-order valence-corrected chi connectivity index (χ3v) is 8.57. The molecule has 170 valence electrons. The van der Waals surface area contributed by atoms with Crippen LogP contribution in [0, 0.1) is 0 Å². The zero-order valence-corrected chi connectivity index (χ0v) is 21.1. The van der Waals surface area contributed by atoms with Crippen LogP contribution in [-0.2, 0) is 10.8 Å². The second-order valence-electron chi connectivity index (χ2n) is 11.0. The van der Waals surface area contributed by atoms with Crippen molar-refractivity contribution in [2.45, 2.75) is 83.5 Å². The van der Waals surface area contributed by atoms with Gasteiger partial charge in [0.05, 0.1) is 5.69 Å². The van der Waals surface area contributed by atoms with E-state index >= 15 is 0 Å². The van der Waals surface area contributed by atoms with Gasteiger partial charge in [0.25, 0.3) is 0 Å². The predicted octanol–water partition coefficient (Wildman–Crippen LogP) is 6.34. The first-order chi connectivity index (χ1) is 14.8. The second kappa shape index (κ2) is 9.33. The number of fused-ring (bicyclic) bond motifs is 1. The van der Waals surface area contributed by atoms with Gasteiger partial charge in [0.1, 0.15) is 5.01 Å². The number of piperidine rings is 1. The van der Waals surface area contributed by atoms with E-state index in [1.807, 2.05) is 11.3 Å². The van der Waals surface area contributed by atoms with Crippen LogP contribution in [0.5, 0.6) is 0 Å². The molecule has 2 aromatic rings. The van der Waals surface area contributed by atoms with Crippen LogP contribution < -0.4 is 5.32 Å². The molecule has 1 fully saturated rings. The Labute approximate surface area is 193 Å². The maximum atomic E-state index is 5.14. The van der Waals surface area contributed by atoms with Crippen molar-refractivity contribution < 1.29 is 0 Å². The van der Waals surface area contributed by atoms with Crippen molar-refractivity contribution in [2.24, 2.45) is 0 Å². The maximum Gasteiger partial charge on any atom is 0.123 e. The molecule has 0 unspecified atom stereocenters. The van der Waals surface area contributed by atoms with Crippen molar-refractivity contribution in [3.05, 3.63) is 40.4 Å². The lowest BCUT2D eigenvalue weighted by molar-refractivity contribution is 0.211. The summed E-state index contributed by atoms with van der Waals surface area (Å²) in [4.78, 5) is 7.75. The number of thiazole rings is 1. The van der Waals surface area contributed by atoms with Crippen LogP contribution in [0.4, 0.5) is 0 Å². The molecule has 4 heteroatoms. The fourth-order valence-electron chi connectivity index (χ4n) is 5.32. The largest absolute Gasteiger partial charge is 0.315 e. The minimum absolute atomic E-state index is 0.250. The van der Waals surface area contributed by atoms with Gasteiger partial charge < -0.3 is 10.2 Å². The summed E-state index contributed by atoms with van der Waals surface area (Å²) in [6, 6.07) is 7.15. The summed E-state index contributed by atoms with van der Waals surface area (Å²) in [5, 5.41) is 7.05. The van der Waals surface area contributed by atoms with Crippen molar-refractivity contribution in [3.8, 4) is 10.6 Å². The number of aromatic nitrogens is 1. The molecule has 0 radical (unpaired) electrons. The van der Waals surface area contributed by atoms with E-state index < -0.39 is 0 Å². The number of hydrogen-bond acceptors (Lipinski definition) is 4. The van der Waals surface area contributed by atoms with E-state index in [0.29, 0.717) is 5.92 Å². The average Bonchev–Trinajstić information content (AvgIpc) is 3.25. The van der Waals surface area contributed by atoms with E-state index in [2.05, 4.69) is 68.4 Å². The van der Waals surface area contributed by atoms with Gasteiger partial charge in [0, 0.05) is 30.0 Å². The van der Waals surface area contributed by atoms with Gasteiger partial charge >= 0.3 is 0 Å². The van der Waals surface area contributed by atoms with Crippen LogP contribution >= 0.6 is 11.3 Å². The van der Waals surface area contributed by atoms with Crippen molar-refractivity contribution >= 4 is 11.3 Å². The quantitative estimate of drug-likeness (QED) is 0.510.